The Morgan fingerprint density at radius 2 is 2.09 bits per heavy atom. The molecule has 0 aliphatic rings. The molecule has 0 radical (unpaired) electrons. The van der Waals surface area contributed by atoms with Gasteiger partial charge in [-0.25, -0.2) is 5.43 Å². The van der Waals surface area contributed by atoms with Crippen LogP contribution < -0.4 is 10.7 Å². The lowest BCUT2D eigenvalue weighted by Gasteiger charge is -2.06. The van der Waals surface area contributed by atoms with E-state index >= 15 is 0 Å². The molecule has 0 spiro atoms. The first-order chi connectivity index (χ1) is 11.0. The average Bonchev–Trinajstić information content (AvgIpc) is 2.90. The Balaban J connectivity index is 1.83. The summed E-state index contributed by atoms with van der Waals surface area (Å²) in [5.41, 5.74) is 3.68. The van der Waals surface area contributed by atoms with Crippen LogP contribution in [0.1, 0.15) is 20.8 Å². The molecule has 8 heteroatoms. The van der Waals surface area contributed by atoms with E-state index < -0.39 is 11.8 Å². The van der Waals surface area contributed by atoms with Gasteiger partial charge >= 0.3 is 0 Å². The number of hydrogen-bond acceptors (Lipinski definition) is 4. The van der Waals surface area contributed by atoms with Gasteiger partial charge < -0.3 is 5.32 Å². The van der Waals surface area contributed by atoms with E-state index in [1.54, 1.807) is 12.3 Å². The highest BCUT2D eigenvalue weighted by Crippen LogP contribution is 2.20. The molecule has 2 aromatic rings. The maximum absolute atomic E-state index is 11.9. The van der Waals surface area contributed by atoms with E-state index in [0.29, 0.717) is 5.02 Å². The number of benzene rings is 1. The zero-order valence-corrected chi connectivity index (χ0v) is 14.4. The van der Waals surface area contributed by atoms with Gasteiger partial charge in [-0.3, -0.25) is 9.59 Å². The van der Waals surface area contributed by atoms with Gasteiger partial charge in [0.25, 0.3) is 11.8 Å². The molecule has 1 heterocycles. The Labute approximate surface area is 147 Å². The van der Waals surface area contributed by atoms with Crippen LogP contribution in [0.15, 0.2) is 34.7 Å². The quantitative estimate of drug-likeness (QED) is 0.627. The molecule has 2 rings (SSSR count). The molecule has 5 nitrogen and oxygen atoms in total. The minimum Gasteiger partial charge on any atom is -0.343 e. The van der Waals surface area contributed by atoms with E-state index in [4.69, 9.17) is 23.2 Å². The summed E-state index contributed by atoms with van der Waals surface area (Å²) in [6.07, 6.45) is 1.57. The third-order valence-corrected chi connectivity index (χ3v) is 4.36. The summed E-state index contributed by atoms with van der Waals surface area (Å²) < 4.78 is 0. The third-order valence-electron chi connectivity index (χ3n) is 2.86. The van der Waals surface area contributed by atoms with Gasteiger partial charge in [-0.15, -0.1) is 11.3 Å². The van der Waals surface area contributed by atoms with Crippen LogP contribution in [0, 0.1) is 6.92 Å². The number of nitrogens with zero attached hydrogens (tertiary/aromatic N) is 1. The topological polar surface area (TPSA) is 70.6 Å². The monoisotopic (exact) mass is 369 g/mol. The van der Waals surface area contributed by atoms with Gasteiger partial charge in [0.1, 0.15) is 0 Å². The molecule has 0 unspecified atom stereocenters. The molecule has 0 saturated carbocycles. The molecular weight excluding hydrogens is 357 g/mol. The van der Waals surface area contributed by atoms with Crippen LogP contribution in [0.4, 0.5) is 0 Å². The fourth-order valence-electron chi connectivity index (χ4n) is 1.65. The first-order valence-electron chi connectivity index (χ1n) is 6.56. The Bertz CT molecular complexity index is 759. The van der Waals surface area contributed by atoms with Gasteiger partial charge in [-0.1, -0.05) is 23.2 Å². The standard InChI is InChI=1S/C15H13Cl2N3O2S/c1-9-4-5-23-13(9)7-19-20-14(21)8-18-15(22)11-3-2-10(16)6-12(11)17/h2-7H,8H2,1H3,(H,18,22)(H,20,21)/b19-7+. The van der Waals surface area contributed by atoms with Crippen LogP contribution >= 0.6 is 34.5 Å². The normalized spacial score (nSPS) is 10.7. The second-order valence-corrected chi connectivity index (χ2v) is 6.36. The van der Waals surface area contributed by atoms with Crippen LogP contribution in [-0.4, -0.2) is 24.6 Å². The SMILES string of the molecule is Cc1ccsc1/C=N/NC(=O)CNC(=O)c1ccc(Cl)cc1Cl. The predicted octanol–water partition coefficient (Wildman–Crippen LogP) is 3.24. The number of thiophene rings is 1. The van der Waals surface area contributed by atoms with Crippen LogP contribution in [0.2, 0.25) is 10.0 Å². The van der Waals surface area contributed by atoms with Crippen LogP contribution in [0.5, 0.6) is 0 Å². The molecule has 0 fully saturated rings. The van der Waals surface area contributed by atoms with Crippen molar-refractivity contribution in [2.24, 2.45) is 5.10 Å². The summed E-state index contributed by atoms with van der Waals surface area (Å²) in [4.78, 5) is 24.5. The fourth-order valence-corrected chi connectivity index (χ4v) is 2.93. The highest BCUT2D eigenvalue weighted by atomic mass is 35.5. The molecule has 0 aliphatic heterocycles. The molecule has 0 atom stereocenters. The predicted molar refractivity (Wildman–Crippen MR) is 93.6 cm³/mol. The lowest BCUT2D eigenvalue weighted by atomic mass is 10.2. The maximum atomic E-state index is 11.9. The second-order valence-electron chi connectivity index (χ2n) is 4.57. The van der Waals surface area contributed by atoms with Crippen LogP contribution in [0.25, 0.3) is 0 Å². The zero-order chi connectivity index (χ0) is 16.8. The molecule has 2 amide bonds. The van der Waals surface area contributed by atoms with E-state index in [1.807, 2.05) is 18.4 Å². The Kier molecular flexibility index (Phi) is 6.15. The van der Waals surface area contributed by atoms with E-state index in [0.717, 1.165) is 10.4 Å². The number of aryl methyl sites for hydroxylation is 1. The molecule has 0 aliphatic carbocycles. The second kappa shape index (κ2) is 8.10. The van der Waals surface area contributed by atoms with Crippen molar-refractivity contribution in [2.45, 2.75) is 6.92 Å². The summed E-state index contributed by atoms with van der Waals surface area (Å²) in [6, 6.07) is 6.47. The average molecular weight is 370 g/mol. The molecule has 0 saturated heterocycles. The lowest BCUT2D eigenvalue weighted by Crippen LogP contribution is -2.35. The zero-order valence-electron chi connectivity index (χ0n) is 12.1. The smallest absolute Gasteiger partial charge is 0.259 e. The molecule has 1 aromatic carbocycles. The number of hydrazone groups is 1. The summed E-state index contributed by atoms with van der Waals surface area (Å²) in [6.45, 7) is 1.74. The highest BCUT2D eigenvalue weighted by Gasteiger charge is 2.11. The molecule has 1 aromatic heterocycles. The Morgan fingerprint density at radius 3 is 2.74 bits per heavy atom. The first kappa shape index (κ1) is 17.5. The number of halogens is 2. The van der Waals surface area contributed by atoms with Crippen molar-refractivity contribution < 1.29 is 9.59 Å². The minimum atomic E-state index is -0.458. The van der Waals surface area contributed by atoms with Gasteiger partial charge in [-0.2, -0.15) is 5.10 Å². The Morgan fingerprint density at radius 1 is 1.30 bits per heavy atom. The first-order valence-corrected chi connectivity index (χ1v) is 8.20. The van der Waals surface area contributed by atoms with Crippen molar-refractivity contribution in [3.63, 3.8) is 0 Å². The van der Waals surface area contributed by atoms with E-state index in [-0.39, 0.29) is 17.1 Å². The number of hydrogen-bond donors (Lipinski definition) is 2. The van der Waals surface area contributed by atoms with Crippen molar-refractivity contribution in [3.8, 4) is 0 Å². The number of rotatable bonds is 5. The molecule has 120 valence electrons. The van der Waals surface area contributed by atoms with Gasteiger partial charge in [-0.05, 0) is 42.1 Å². The van der Waals surface area contributed by atoms with Crippen molar-refractivity contribution in [1.82, 2.24) is 10.7 Å². The third kappa shape index (κ3) is 5.06. The van der Waals surface area contributed by atoms with Crippen molar-refractivity contribution in [1.29, 1.82) is 0 Å². The maximum Gasteiger partial charge on any atom is 0.259 e. The molecule has 23 heavy (non-hydrogen) atoms. The largest absolute Gasteiger partial charge is 0.343 e. The van der Waals surface area contributed by atoms with Gasteiger partial charge in [0.2, 0.25) is 0 Å². The summed E-state index contributed by atoms with van der Waals surface area (Å²) in [5.74, 6) is -0.895. The number of carbonyl (C=O) groups is 2. The van der Waals surface area contributed by atoms with Gasteiger partial charge in [0.05, 0.1) is 23.3 Å². The van der Waals surface area contributed by atoms with Crippen molar-refractivity contribution in [3.05, 3.63) is 55.7 Å². The number of amides is 2. The van der Waals surface area contributed by atoms with E-state index in [2.05, 4.69) is 15.8 Å². The molecular formula is C15H13Cl2N3O2S. The Hall–Kier alpha value is -1.89. The molecule has 0 bridgehead atoms. The summed E-state index contributed by atoms with van der Waals surface area (Å²) in [5, 5.41) is 8.91. The van der Waals surface area contributed by atoms with Gasteiger partial charge in [0.15, 0.2) is 0 Å². The van der Waals surface area contributed by atoms with Crippen LogP contribution in [-0.2, 0) is 4.79 Å². The minimum absolute atomic E-state index is 0.210. The van der Waals surface area contributed by atoms with Crippen molar-refractivity contribution in [2.75, 3.05) is 6.54 Å². The van der Waals surface area contributed by atoms with E-state index in [1.165, 1.54) is 23.5 Å². The summed E-state index contributed by atoms with van der Waals surface area (Å²) >= 11 is 13.2. The van der Waals surface area contributed by atoms with Gasteiger partial charge in [0, 0.05) is 9.90 Å². The lowest BCUT2D eigenvalue weighted by molar-refractivity contribution is -0.120. The molecule has 2 N–H and O–H groups in total. The fraction of sp³-hybridized carbons (Fsp3) is 0.133. The number of nitrogens with one attached hydrogen (secondary N) is 2. The van der Waals surface area contributed by atoms with E-state index in [9.17, 15) is 9.59 Å². The van der Waals surface area contributed by atoms with Crippen molar-refractivity contribution >= 4 is 52.6 Å². The highest BCUT2D eigenvalue weighted by molar-refractivity contribution is 7.11. The summed E-state index contributed by atoms with van der Waals surface area (Å²) in [7, 11) is 0. The number of carbonyl (C=O) groups excluding carboxylic acids is 2. The van der Waals surface area contributed by atoms with Crippen LogP contribution in [0.3, 0.4) is 0 Å².